The summed E-state index contributed by atoms with van der Waals surface area (Å²) in [7, 11) is 1.46. The zero-order valence-corrected chi connectivity index (χ0v) is 13.8. The lowest BCUT2D eigenvalue weighted by molar-refractivity contribution is 0.0947. The van der Waals surface area contributed by atoms with Gasteiger partial charge in [0.05, 0.1) is 12.7 Å². The van der Waals surface area contributed by atoms with E-state index in [2.05, 4.69) is 15.6 Å². The van der Waals surface area contributed by atoms with Crippen LogP contribution in [0, 0.1) is 12.7 Å². The molecule has 2 aromatic rings. The van der Waals surface area contributed by atoms with Crippen LogP contribution in [-0.2, 0) is 19.5 Å². The number of halogens is 1. The van der Waals surface area contributed by atoms with Crippen molar-refractivity contribution in [2.24, 2.45) is 0 Å². The van der Waals surface area contributed by atoms with E-state index in [1.165, 1.54) is 36.4 Å². The summed E-state index contributed by atoms with van der Waals surface area (Å²) in [5.74, 6) is -0.484. The number of benzene rings is 1. The molecule has 0 atom stereocenters. The van der Waals surface area contributed by atoms with E-state index < -0.39 is 5.82 Å². The topological polar surface area (TPSA) is 63.2 Å². The number of pyridine rings is 1. The van der Waals surface area contributed by atoms with Crippen molar-refractivity contribution in [2.75, 3.05) is 13.7 Å². The molecule has 2 N–H and O–H groups in total. The number of carbonyl (C=O) groups excluding carboxylic acids is 1. The van der Waals surface area contributed by atoms with Crippen LogP contribution in [0.3, 0.4) is 0 Å². The van der Waals surface area contributed by atoms with Crippen molar-refractivity contribution in [3.05, 3.63) is 58.2 Å². The number of aromatic nitrogens is 1. The predicted octanol–water partition coefficient (Wildman–Crippen LogP) is 2.11. The van der Waals surface area contributed by atoms with E-state index in [0.29, 0.717) is 12.3 Å². The molecule has 2 heterocycles. The Morgan fingerprint density at radius 2 is 2.29 bits per heavy atom. The lowest BCUT2D eigenvalue weighted by atomic mass is 9.96. The molecular weight excluding hydrogens is 309 g/mol. The van der Waals surface area contributed by atoms with Gasteiger partial charge in [0.2, 0.25) is 0 Å². The first kappa shape index (κ1) is 16.4. The minimum Gasteiger partial charge on any atom is -0.496 e. The molecule has 126 valence electrons. The maximum absolute atomic E-state index is 13.4. The van der Waals surface area contributed by atoms with E-state index in [4.69, 9.17) is 4.74 Å². The maximum atomic E-state index is 13.4. The maximum Gasteiger partial charge on any atom is 0.255 e. The first-order valence-corrected chi connectivity index (χ1v) is 7.89. The molecule has 0 radical (unpaired) electrons. The number of nitrogens with one attached hydrogen (secondary N) is 2. The largest absolute Gasteiger partial charge is 0.496 e. The monoisotopic (exact) mass is 329 g/mol. The van der Waals surface area contributed by atoms with E-state index >= 15 is 0 Å². The van der Waals surface area contributed by atoms with Crippen LogP contribution < -0.4 is 15.4 Å². The van der Waals surface area contributed by atoms with E-state index in [9.17, 15) is 9.18 Å². The Morgan fingerprint density at radius 1 is 1.46 bits per heavy atom. The third-order valence-electron chi connectivity index (χ3n) is 4.30. The number of amides is 1. The van der Waals surface area contributed by atoms with Crippen LogP contribution in [0.1, 0.15) is 32.7 Å². The highest BCUT2D eigenvalue weighted by Crippen LogP contribution is 2.22. The van der Waals surface area contributed by atoms with Gasteiger partial charge in [0, 0.05) is 25.0 Å². The van der Waals surface area contributed by atoms with Gasteiger partial charge < -0.3 is 15.4 Å². The summed E-state index contributed by atoms with van der Waals surface area (Å²) >= 11 is 0. The second-order valence-corrected chi connectivity index (χ2v) is 5.78. The van der Waals surface area contributed by atoms with Gasteiger partial charge in [-0.05, 0) is 54.8 Å². The van der Waals surface area contributed by atoms with Crippen molar-refractivity contribution in [3.63, 3.8) is 0 Å². The molecule has 1 aliphatic heterocycles. The number of hydrogen-bond donors (Lipinski definition) is 2. The number of aryl methyl sites for hydroxylation is 1. The van der Waals surface area contributed by atoms with Crippen molar-refractivity contribution in [2.45, 2.75) is 26.4 Å². The van der Waals surface area contributed by atoms with Crippen LogP contribution in [-0.4, -0.2) is 24.5 Å². The fourth-order valence-corrected chi connectivity index (χ4v) is 3.00. The molecular formula is C18H20FN3O2. The molecule has 0 fully saturated rings. The van der Waals surface area contributed by atoms with Crippen LogP contribution in [0.4, 0.5) is 4.39 Å². The molecule has 0 saturated carbocycles. The van der Waals surface area contributed by atoms with Crippen molar-refractivity contribution in [1.29, 1.82) is 0 Å². The summed E-state index contributed by atoms with van der Waals surface area (Å²) < 4.78 is 18.6. The number of hydrogen-bond acceptors (Lipinski definition) is 4. The first-order chi connectivity index (χ1) is 11.6. The summed E-state index contributed by atoms with van der Waals surface area (Å²) in [5.41, 5.74) is 4.54. The van der Waals surface area contributed by atoms with E-state index in [1.807, 2.05) is 13.1 Å². The first-order valence-electron chi connectivity index (χ1n) is 7.89. The van der Waals surface area contributed by atoms with Gasteiger partial charge in [-0.3, -0.25) is 9.78 Å². The lowest BCUT2D eigenvalue weighted by Gasteiger charge is -2.21. The molecule has 3 rings (SSSR count). The Morgan fingerprint density at radius 3 is 3.08 bits per heavy atom. The summed E-state index contributed by atoms with van der Waals surface area (Å²) in [6, 6.07) is 3.90. The van der Waals surface area contributed by atoms with Gasteiger partial charge in [-0.1, -0.05) is 0 Å². The molecule has 5 nitrogen and oxygen atoms in total. The quantitative estimate of drug-likeness (QED) is 0.902. The van der Waals surface area contributed by atoms with Gasteiger partial charge >= 0.3 is 0 Å². The third-order valence-corrected chi connectivity index (χ3v) is 4.30. The number of methoxy groups -OCH3 is 1. The highest BCUT2D eigenvalue weighted by molar-refractivity contribution is 5.96. The van der Waals surface area contributed by atoms with Crippen molar-refractivity contribution < 1.29 is 13.9 Å². The number of nitrogens with zero attached hydrogens (tertiary/aromatic N) is 1. The third kappa shape index (κ3) is 3.23. The second-order valence-electron chi connectivity index (χ2n) is 5.78. The van der Waals surface area contributed by atoms with Gasteiger partial charge in [0.25, 0.3) is 5.91 Å². The number of rotatable bonds is 4. The Bertz CT molecular complexity index is 777. The SMILES string of the molecule is COc1ccc(F)cc1C(=O)NCc1c(C)ncc2c1CCNC2. The smallest absolute Gasteiger partial charge is 0.255 e. The van der Waals surface area contributed by atoms with Gasteiger partial charge in [-0.25, -0.2) is 4.39 Å². The molecule has 1 aromatic heterocycles. The highest BCUT2D eigenvalue weighted by atomic mass is 19.1. The molecule has 24 heavy (non-hydrogen) atoms. The van der Waals surface area contributed by atoms with Crippen LogP contribution >= 0.6 is 0 Å². The van der Waals surface area contributed by atoms with E-state index in [1.54, 1.807) is 0 Å². The fraction of sp³-hybridized carbons (Fsp3) is 0.333. The van der Waals surface area contributed by atoms with Crippen molar-refractivity contribution in [1.82, 2.24) is 15.6 Å². The van der Waals surface area contributed by atoms with Crippen molar-refractivity contribution in [3.8, 4) is 5.75 Å². The molecule has 0 bridgehead atoms. The Labute approximate surface area is 140 Å². The van der Waals surface area contributed by atoms with Crippen LogP contribution in [0.15, 0.2) is 24.4 Å². The zero-order valence-electron chi connectivity index (χ0n) is 13.8. The lowest BCUT2D eigenvalue weighted by Crippen LogP contribution is -2.29. The summed E-state index contributed by atoms with van der Waals surface area (Å²) in [6.07, 6.45) is 2.80. The summed E-state index contributed by atoms with van der Waals surface area (Å²) in [4.78, 5) is 16.9. The van der Waals surface area contributed by atoms with Crippen LogP contribution in [0.5, 0.6) is 5.75 Å². The zero-order chi connectivity index (χ0) is 17.1. The summed E-state index contributed by atoms with van der Waals surface area (Å²) in [5, 5.41) is 6.18. The molecule has 1 aromatic carbocycles. The molecule has 0 saturated heterocycles. The molecule has 0 spiro atoms. The average Bonchev–Trinajstić information content (AvgIpc) is 2.60. The van der Waals surface area contributed by atoms with Gasteiger partial charge in [0.1, 0.15) is 11.6 Å². The highest BCUT2D eigenvalue weighted by Gasteiger charge is 2.18. The molecule has 1 aliphatic rings. The van der Waals surface area contributed by atoms with Crippen molar-refractivity contribution >= 4 is 5.91 Å². The van der Waals surface area contributed by atoms with E-state index in [0.717, 1.165) is 30.8 Å². The fourth-order valence-electron chi connectivity index (χ4n) is 3.00. The standard InChI is InChI=1S/C18H20FN3O2/c1-11-16(14-5-6-20-8-12(14)9-21-11)10-22-18(23)15-7-13(19)3-4-17(15)24-2/h3-4,7,9,20H,5-6,8,10H2,1-2H3,(H,22,23). The summed E-state index contributed by atoms with van der Waals surface area (Å²) in [6.45, 7) is 4.00. The van der Waals surface area contributed by atoms with Crippen LogP contribution in [0.25, 0.3) is 0 Å². The van der Waals surface area contributed by atoms with E-state index in [-0.39, 0.29) is 11.5 Å². The Hall–Kier alpha value is -2.47. The molecule has 0 aliphatic carbocycles. The number of fused-ring (bicyclic) bond motifs is 1. The number of ether oxygens (including phenoxy) is 1. The Balaban J connectivity index is 1.82. The predicted molar refractivity (Wildman–Crippen MR) is 88.5 cm³/mol. The number of carbonyl (C=O) groups is 1. The average molecular weight is 329 g/mol. The second kappa shape index (κ2) is 6.97. The molecule has 6 heteroatoms. The normalized spacial score (nSPS) is 13.3. The molecule has 0 unspecified atom stereocenters. The molecule has 1 amide bonds. The van der Waals surface area contributed by atoms with Crippen LogP contribution in [0.2, 0.25) is 0 Å². The van der Waals surface area contributed by atoms with Gasteiger partial charge in [-0.2, -0.15) is 0 Å². The minimum atomic E-state index is -0.470. The Kier molecular flexibility index (Phi) is 4.76. The van der Waals surface area contributed by atoms with Gasteiger partial charge in [0.15, 0.2) is 0 Å². The minimum absolute atomic E-state index is 0.189. The van der Waals surface area contributed by atoms with Gasteiger partial charge in [-0.15, -0.1) is 0 Å².